The Morgan fingerprint density at radius 3 is 2.43 bits per heavy atom. The molecular formula is C41H43N5O6S. The number of carbonyl (C=O) groups excluding carboxylic acids is 2. The van der Waals surface area contributed by atoms with Crippen LogP contribution in [0.2, 0.25) is 0 Å². The van der Waals surface area contributed by atoms with E-state index >= 15 is 0 Å². The zero-order valence-corrected chi connectivity index (χ0v) is 31.7. The Bertz CT molecular complexity index is 2380. The second-order valence-electron chi connectivity index (χ2n) is 13.8. The van der Waals surface area contributed by atoms with Crippen LogP contribution in [0.4, 0.5) is 20.4 Å². The first-order valence-electron chi connectivity index (χ1n) is 17.8. The molecule has 0 atom stereocenters. The molecule has 1 fully saturated rings. The van der Waals surface area contributed by atoms with Crippen LogP contribution in [-0.2, 0) is 4.74 Å². The molecule has 0 radical (unpaired) electrons. The number of nitrogens with zero attached hydrogens (tertiary/aromatic N) is 5. The van der Waals surface area contributed by atoms with Gasteiger partial charge in [0, 0.05) is 62.4 Å². The first kappa shape index (κ1) is 35.8. The van der Waals surface area contributed by atoms with Crippen molar-refractivity contribution in [3.05, 3.63) is 84.2 Å². The molecule has 0 N–H and O–H groups in total. The van der Waals surface area contributed by atoms with Gasteiger partial charge in [0.05, 0.1) is 28.4 Å². The molecule has 2 aromatic heterocycles. The number of anilines is 1. The maximum atomic E-state index is 12.7. The van der Waals surface area contributed by atoms with Crippen LogP contribution in [0.3, 0.4) is 0 Å². The van der Waals surface area contributed by atoms with Crippen molar-refractivity contribution >= 4 is 66.3 Å². The third kappa shape index (κ3) is 7.92. The lowest BCUT2D eigenvalue weighted by molar-refractivity contribution is 0.0240. The van der Waals surface area contributed by atoms with Crippen LogP contribution in [0.5, 0.6) is 11.5 Å². The third-order valence-corrected chi connectivity index (χ3v) is 10.1. The second kappa shape index (κ2) is 14.8. The van der Waals surface area contributed by atoms with Crippen molar-refractivity contribution in [1.82, 2.24) is 14.8 Å². The molecule has 1 aliphatic heterocycles. The number of thiazole rings is 1. The molecule has 0 spiro atoms. The zero-order chi connectivity index (χ0) is 37.3. The van der Waals surface area contributed by atoms with E-state index in [1.807, 2.05) is 89.2 Å². The fourth-order valence-corrected chi connectivity index (χ4v) is 7.32. The highest BCUT2D eigenvalue weighted by Gasteiger charge is 2.27. The van der Waals surface area contributed by atoms with E-state index in [4.69, 9.17) is 28.6 Å². The number of aromatic nitrogens is 1. The maximum Gasteiger partial charge on any atom is 0.415 e. The molecule has 3 heterocycles. The number of benzene rings is 4. The summed E-state index contributed by atoms with van der Waals surface area (Å²) in [5.74, 6) is 1.83. The summed E-state index contributed by atoms with van der Waals surface area (Å²) < 4.78 is 24.4. The van der Waals surface area contributed by atoms with Crippen molar-refractivity contribution in [3.63, 3.8) is 0 Å². The summed E-state index contributed by atoms with van der Waals surface area (Å²) in [7, 11) is 1.65. The Balaban J connectivity index is 1.24. The van der Waals surface area contributed by atoms with Gasteiger partial charge in [-0.15, -0.1) is 0 Å². The normalized spacial score (nSPS) is 13.9. The van der Waals surface area contributed by atoms with Gasteiger partial charge in [-0.2, -0.15) is 0 Å². The van der Waals surface area contributed by atoms with Gasteiger partial charge in [-0.1, -0.05) is 23.5 Å². The topological polar surface area (TPSA) is 110 Å². The smallest absolute Gasteiger partial charge is 0.415 e. The van der Waals surface area contributed by atoms with Crippen molar-refractivity contribution in [2.24, 2.45) is 4.99 Å². The van der Waals surface area contributed by atoms with Gasteiger partial charge in [0.25, 0.3) is 0 Å². The molecule has 1 aliphatic rings. The fraction of sp³-hybridized carbons (Fsp3) is 0.317. The van der Waals surface area contributed by atoms with Gasteiger partial charge in [-0.05, 0) is 100.0 Å². The monoisotopic (exact) mass is 733 g/mol. The van der Waals surface area contributed by atoms with E-state index in [1.165, 1.54) is 0 Å². The number of methoxy groups -OCH3 is 1. The van der Waals surface area contributed by atoms with Crippen LogP contribution in [0.25, 0.3) is 43.3 Å². The molecule has 6 aromatic rings. The van der Waals surface area contributed by atoms with Gasteiger partial charge in [0.2, 0.25) is 0 Å². The predicted molar refractivity (Wildman–Crippen MR) is 210 cm³/mol. The van der Waals surface area contributed by atoms with E-state index in [9.17, 15) is 9.59 Å². The van der Waals surface area contributed by atoms with Crippen molar-refractivity contribution in [3.8, 4) is 22.8 Å². The third-order valence-electron chi connectivity index (χ3n) is 9.07. The summed E-state index contributed by atoms with van der Waals surface area (Å²) in [6.45, 7) is 13.1. The van der Waals surface area contributed by atoms with Gasteiger partial charge in [0.15, 0.2) is 5.13 Å². The lowest BCUT2D eigenvalue weighted by Gasteiger charge is -2.35. The summed E-state index contributed by atoms with van der Waals surface area (Å²) in [4.78, 5) is 40.9. The van der Waals surface area contributed by atoms with Crippen LogP contribution >= 0.6 is 11.3 Å². The predicted octanol–water partition coefficient (Wildman–Crippen LogP) is 9.00. The average Bonchev–Trinajstić information content (AvgIpc) is 3.57. The van der Waals surface area contributed by atoms with Crippen molar-refractivity contribution in [1.29, 1.82) is 0 Å². The quantitative estimate of drug-likeness (QED) is 0.150. The number of ether oxygens (including phenoxy) is 3. The lowest BCUT2D eigenvalue weighted by Crippen LogP contribution is -2.50. The van der Waals surface area contributed by atoms with Crippen molar-refractivity contribution < 1.29 is 28.2 Å². The molecule has 0 saturated carbocycles. The number of hydrogen-bond donors (Lipinski definition) is 0. The van der Waals surface area contributed by atoms with E-state index in [1.54, 1.807) is 40.4 Å². The number of rotatable bonds is 7. The summed E-state index contributed by atoms with van der Waals surface area (Å²) in [6.07, 6.45) is -0.682. The highest BCUT2D eigenvalue weighted by atomic mass is 32.1. The average molecular weight is 734 g/mol. The van der Waals surface area contributed by atoms with Gasteiger partial charge in [0.1, 0.15) is 28.4 Å². The largest absolute Gasteiger partial charge is 0.497 e. The molecule has 1 saturated heterocycles. The minimum Gasteiger partial charge on any atom is -0.497 e. The van der Waals surface area contributed by atoms with Crippen LogP contribution < -0.4 is 19.7 Å². The Hall–Kier alpha value is -5.62. The van der Waals surface area contributed by atoms with Gasteiger partial charge < -0.3 is 33.3 Å². The van der Waals surface area contributed by atoms with E-state index in [0.717, 1.165) is 42.8 Å². The Morgan fingerprint density at radius 2 is 1.70 bits per heavy atom. The molecule has 7 rings (SSSR count). The first-order chi connectivity index (χ1) is 25.5. The van der Waals surface area contributed by atoms with Crippen LogP contribution in [0, 0.1) is 0 Å². The number of piperazine rings is 1. The summed E-state index contributed by atoms with van der Waals surface area (Å²) in [5.41, 5.74) is 2.56. The first-order valence-corrected chi connectivity index (χ1v) is 18.6. The molecule has 4 aromatic carbocycles. The Morgan fingerprint density at radius 1 is 0.906 bits per heavy atom. The molecule has 53 heavy (non-hydrogen) atoms. The van der Waals surface area contributed by atoms with E-state index in [2.05, 4.69) is 17.0 Å². The van der Waals surface area contributed by atoms with Crippen LogP contribution in [0.1, 0.15) is 34.6 Å². The van der Waals surface area contributed by atoms with E-state index in [0.29, 0.717) is 67.4 Å². The molecule has 12 heteroatoms. The SMILES string of the molecule is CCN(CC)C(=O)Oc1cccc(N=c2cc(-c3ccc4nc(N5CCN(C(=O)OC(C)(C)C)CC5)sc4c3)oc3cc4ccc(OC)cc4cc23)c1. The lowest BCUT2D eigenvalue weighted by atomic mass is 10.1. The van der Waals surface area contributed by atoms with Gasteiger partial charge >= 0.3 is 12.2 Å². The highest BCUT2D eigenvalue weighted by molar-refractivity contribution is 7.22. The Kier molecular flexibility index (Phi) is 9.98. The molecule has 11 nitrogen and oxygen atoms in total. The minimum absolute atomic E-state index is 0.282. The van der Waals surface area contributed by atoms with Crippen LogP contribution in [-0.4, -0.2) is 78.9 Å². The standard InChI is InChI=1S/C41H43N5O6S/c1-7-44(8-2)39(47)50-31-11-9-10-29(24-31)42-34-25-35(51-36-22-26-12-14-30(49-6)20-28(26)21-32(34)36)27-13-15-33-37(23-27)53-38(43-33)45-16-18-46(19-17-45)40(48)52-41(3,4)5/h9-15,20-25H,7-8,16-19H2,1-6H3. The fourth-order valence-electron chi connectivity index (χ4n) is 6.26. The zero-order valence-electron chi connectivity index (χ0n) is 30.8. The maximum absolute atomic E-state index is 12.7. The van der Waals surface area contributed by atoms with Gasteiger partial charge in [-0.3, -0.25) is 0 Å². The molecule has 2 amide bonds. The van der Waals surface area contributed by atoms with Gasteiger partial charge in [-0.25, -0.2) is 19.6 Å². The van der Waals surface area contributed by atoms with Crippen molar-refractivity contribution in [2.45, 2.75) is 40.2 Å². The number of hydrogen-bond acceptors (Lipinski definition) is 10. The summed E-state index contributed by atoms with van der Waals surface area (Å²) >= 11 is 1.62. The second-order valence-corrected chi connectivity index (χ2v) is 14.8. The number of amides is 2. The molecule has 0 bridgehead atoms. The number of carbonyl (C=O) groups is 2. The van der Waals surface area contributed by atoms with E-state index < -0.39 is 11.7 Å². The molecule has 0 unspecified atom stereocenters. The minimum atomic E-state index is -0.528. The summed E-state index contributed by atoms with van der Waals surface area (Å²) in [6, 6.07) is 25.3. The van der Waals surface area contributed by atoms with Crippen LogP contribution in [0.15, 0.2) is 88.3 Å². The Labute approximate surface area is 312 Å². The molecule has 274 valence electrons. The molecule has 0 aliphatic carbocycles. The highest BCUT2D eigenvalue weighted by Crippen LogP contribution is 2.34. The summed E-state index contributed by atoms with van der Waals surface area (Å²) in [5, 5.41) is 4.43. The van der Waals surface area contributed by atoms with Crippen molar-refractivity contribution in [2.75, 3.05) is 51.3 Å². The molecular weight excluding hydrogens is 691 g/mol. The van der Waals surface area contributed by atoms with E-state index in [-0.39, 0.29) is 6.09 Å². The number of fused-ring (bicyclic) bond motifs is 3.